The molecule has 0 aliphatic carbocycles. The number of nitrogens with zero attached hydrogens (tertiary/aromatic N) is 2. The molecular formula is C14H24N4OS. The standard InChI is InChI=1S/C14H24N4OS/c1-4-5-14(6-7-15-9-14)12(19)16-13-18-17-11(20-13)8-10(2)3/h10,15H,4-9H2,1-3H3,(H,16,18,19). The first-order valence-corrected chi connectivity index (χ1v) is 8.22. The third-order valence-corrected chi connectivity index (χ3v) is 4.59. The SMILES string of the molecule is CCCC1(C(=O)Nc2nnc(CC(C)C)s2)CCNC1. The van der Waals surface area contributed by atoms with Crippen LogP contribution in [-0.4, -0.2) is 29.2 Å². The Morgan fingerprint density at radius 1 is 1.50 bits per heavy atom. The molecule has 2 rings (SSSR count). The zero-order valence-corrected chi connectivity index (χ0v) is 13.3. The summed E-state index contributed by atoms with van der Waals surface area (Å²) < 4.78 is 0. The first-order chi connectivity index (χ1) is 9.55. The summed E-state index contributed by atoms with van der Waals surface area (Å²) in [6.45, 7) is 8.12. The fraction of sp³-hybridized carbons (Fsp3) is 0.786. The fourth-order valence-electron chi connectivity index (χ4n) is 2.71. The van der Waals surface area contributed by atoms with E-state index in [-0.39, 0.29) is 11.3 Å². The van der Waals surface area contributed by atoms with Crippen molar-refractivity contribution in [2.45, 2.75) is 46.5 Å². The zero-order valence-electron chi connectivity index (χ0n) is 12.5. The molecule has 0 radical (unpaired) electrons. The van der Waals surface area contributed by atoms with Crippen molar-refractivity contribution in [1.82, 2.24) is 15.5 Å². The molecule has 1 fully saturated rings. The minimum absolute atomic E-state index is 0.0941. The van der Waals surface area contributed by atoms with Crippen LogP contribution in [0.1, 0.15) is 45.0 Å². The first kappa shape index (κ1) is 15.4. The number of nitrogens with one attached hydrogen (secondary N) is 2. The molecule has 5 nitrogen and oxygen atoms in total. The quantitative estimate of drug-likeness (QED) is 0.846. The van der Waals surface area contributed by atoms with E-state index >= 15 is 0 Å². The Morgan fingerprint density at radius 3 is 2.90 bits per heavy atom. The van der Waals surface area contributed by atoms with E-state index < -0.39 is 0 Å². The van der Waals surface area contributed by atoms with Gasteiger partial charge in [0.05, 0.1) is 5.41 Å². The molecule has 2 N–H and O–H groups in total. The Morgan fingerprint density at radius 2 is 2.30 bits per heavy atom. The van der Waals surface area contributed by atoms with Crippen LogP contribution in [-0.2, 0) is 11.2 Å². The summed E-state index contributed by atoms with van der Waals surface area (Å²) in [4.78, 5) is 12.5. The van der Waals surface area contributed by atoms with E-state index in [9.17, 15) is 4.79 Å². The van der Waals surface area contributed by atoms with Crippen LogP contribution in [0.5, 0.6) is 0 Å². The average Bonchev–Trinajstić information content (AvgIpc) is 2.99. The van der Waals surface area contributed by atoms with Crippen molar-refractivity contribution in [1.29, 1.82) is 0 Å². The largest absolute Gasteiger partial charge is 0.316 e. The molecule has 2 heterocycles. The lowest BCUT2D eigenvalue weighted by Crippen LogP contribution is -2.38. The minimum atomic E-state index is -0.265. The van der Waals surface area contributed by atoms with Crippen molar-refractivity contribution < 1.29 is 4.79 Å². The van der Waals surface area contributed by atoms with Gasteiger partial charge in [-0.3, -0.25) is 10.1 Å². The highest BCUT2D eigenvalue weighted by atomic mass is 32.1. The summed E-state index contributed by atoms with van der Waals surface area (Å²) in [5.41, 5.74) is -0.265. The molecule has 1 aromatic heterocycles. The molecule has 1 aliphatic heterocycles. The number of carbonyl (C=O) groups excluding carboxylic acids is 1. The second kappa shape index (κ2) is 6.63. The van der Waals surface area contributed by atoms with Crippen LogP contribution in [0.2, 0.25) is 0 Å². The van der Waals surface area contributed by atoms with E-state index in [0.29, 0.717) is 11.0 Å². The molecule has 1 aromatic rings. The van der Waals surface area contributed by atoms with Crippen molar-refractivity contribution >= 4 is 22.4 Å². The molecule has 112 valence electrons. The van der Waals surface area contributed by atoms with E-state index in [1.54, 1.807) is 0 Å². The fourth-order valence-corrected chi connectivity index (χ4v) is 3.66. The average molecular weight is 296 g/mol. The molecule has 1 saturated heterocycles. The number of carbonyl (C=O) groups is 1. The third-order valence-electron chi connectivity index (χ3n) is 3.72. The van der Waals surface area contributed by atoms with E-state index in [4.69, 9.17) is 0 Å². The molecule has 0 bridgehead atoms. The van der Waals surface area contributed by atoms with Crippen LogP contribution < -0.4 is 10.6 Å². The Kier molecular flexibility index (Phi) is 5.10. The minimum Gasteiger partial charge on any atom is -0.316 e. The van der Waals surface area contributed by atoms with Gasteiger partial charge in [-0.05, 0) is 25.3 Å². The van der Waals surface area contributed by atoms with Gasteiger partial charge in [-0.25, -0.2) is 0 Å². The first-order valence-electron chi connectivity index (χ1n) is 7.40. The monoisotopic (exact) mass is 296 g/mol. The van der Waals surface area contributed by atoms with Crippen LogP contribution in [0.15, 0.2) is 0 Å². The normalized spacial score (nSPS) is 22.4. The van der Waals surface area contributed by atoms with Gasteiger partial charge >= 0.3 is 0 Å². The van der Waals surface area contributed by atoms with Gasteiger partial charge in [-0.1, -0.05) is 38.5 Å². The van der Waals surface area contributed by atoms with Gasteiger partial charge in [-0.15, -0.1) is 10.2 Å². The van der Waals surface area contributed by atoms with Crippen LogP contribution in [0.4, 0.5) is 5.13 Å². The smallest absolute Gasteiger partial charge is 0.233 e. The zero-order chi connectivity index (χ0) is 14.6. The highest BCUT2D eigenvalue weighted by Gasteiger charge is 2.40. The summed E-state index contributed by atoms with van der Waals surface area (Å²) >= 11 is 1.49. The lowest BCUT2D eigenvalue weighted by atomic mass is 9.81. The highest BCUT2D eigenvalue weighted by Crippen LogP contribution is 2.33. The van der Waals surface area contributed by atoms with Crippen LogP contribution in [0, 0.1) is 11.3 Å². The Balaban J connectivity index is 2.01. The lowest BCUT2D eigenvalue weighted by molar-refractivity contribution is -0.125. The molecule has 0 spiro atoms. The molecule has 1 atom stereocenters. The number of anilines is 1. The summed E-state index contributed by atoms with van der Waals surface area (Å²) in [5, 5.41) is 16.1. The van der Waals surface area contributed by atoms with Crippen molar-refractivity contribution in [2.75, 3.05) is 18.4 Å². The van der Waals surface area contributed by atoms with Gasteiger partial charge in [0.15, 0.2) is 0 Å². The van der Waals surface area contributed by atoms with Gasteiger partial charge in [0.25, 0.3) is 0 Å². The van der Waals surface area contributed by atoms with E-state index in [2.05, 4.69) is 41.6 Å². The second-order valence-electron chi connectivity index (χ2n) is 6.01. The summed E-state index contributed by atoms with van der Waals surface area (Å²) in [6.07, 6.45) is 3.76. The summed E-state index contributed by atoms with van der Waals surface area (Å²) in [7, 11) is 0. The predicted molar refractivity (Wildman–Crippen MR) is 81.9 cm³/mol. The molecule has 1 unspecified atom stereocenters. The maximum absolute atomic E-state index is 12.5. The van der Waals surface area contributed by atoms with E-state index in [1.807, 2.05) is 0 Å². The van der Waals surface area contributed by atoms with Gasteiger partial charge in [0, 0.05) is 13.0 Å². The number of hydrogen-bond acceptors (Lipinski definition) is 5. The molecule has 1 amide bonds. The highest BCUT2D eigenvalue weighted by molar-refractivity contribution is 7.15. The molecule has 6 heteroatoms. The molecule has 1 aliphatic rings. The second-order valence-corrected chi connectivity index (χ2v) is 7.07. The van der Waals surface area contributed by atoms with Gasteiger partial charge in [-0.2, -0.15) is 0 Å². The van der Waals surface area contributed by atoms with Crippen molar-refractivity contribution in [3.05, 3.63) is 5.01 Å². The number of aromatic nitrogens is 2. The molecular weight excluding hydrogens is 272 g/mol. The van der Waals surface area contributed by atoms with Crippen LogP contribution in [0.25, 0.3) is 0 Å². The number of rotatable bonds is 6. The van der Waals surface area contributed by atoms with Gasteiger partial charge in [0.1, 0.15) is 5.01 Å². The topological polar surface area (TPSA) is 66.9 Å². The van der Waals surface area contributed by atoms with Crippen molar-refractivity contribution in [3.8, 4) is 0 Å². The summed E-state index contributed by atoms with van der Waals surface area (Å²) in [6, 6.07) is 0. The maximum atomic E-state index is 12.5. The summed E-state index contributed by atoms with van der Waals surface area (Å²) in [5.74, 6) is 0.647. The Bertz CT molecular complexity index is 452. The predicted octanol–water partition coefficient (Wildman–Crippen LogP) is 2.45. The Labute approximate surface area is 124 Å². The third kappa shape index (κ3) is 3.55. The van der Waals surface area contributed by atoms with Crippen LogP contribution >= 0.6 is 11.3 Å². The van der Waals surface area contributed by atoms with Crippen molar-refractivity contribution in [3.63, 3.8) is 0 Å². The van der Waals surface area contributed by atoms with E-state index in [0.717, 1.165) is 43.8 Å². The number of amides is 1. The molecule has 20 heavy (non-hydrogen) atoms. The molecule has 0 saturated carbocycles. The number of hydrogen-bond donors (Lipinski definition) is 2. The van der Waals surface area contributed by atoms with Gasteiger partial charge in [0.2, 0.25) is 11.0 Å². The van der Waals surface area contributed by atoms with Crippen LogP contribution in [0.3, 0.4) is 0 Å². The molecule has 0 aromatic carbocycles. The Hall–Kier alpha value is -1.01. The lowest BCUT2D eigenvalue weighted by Gasteiger charge is -2.25. The van der Waals surface area contributed by atoms with Crippen molar-refractivity contribution in [2.24, 2.45) is 11.3 Å². The maximum Gasteiger partial charge on any atom is 0.233 e. The van der Waals surface area contributed by atoms with Gasteiger partial charge < -0.3 is 5.32 Å². The van der Waals surface area contributed by atoms with E-state index in [1.165, 1.54) is 11.3 Å².